The molecule has 0 aromatic heterocycles. The molecular formula is C6H9Cl7O. The first kappa shape index (κ1) is 18.4. The number of alkyl halides is 6. The Kier molecular flexibility index (Phi) is 9.63. The molecule has 0 spiro atoms. The summed E-state index contributed by atoms with van der Waals surface area (Å²) in [7, 11) is 0. The van der Waals surface area contributed by atoms with Gasteiger partial charge in [0.1, 0.15) is 0 Å². The highest BCUT2D eigenvalue weighted by atomic mass is 35.5. The van der Waals surface area contributed by atoms with Crippen molar-refractivity contribution in [2.45, 2.75) is 32.3 Å². The maximum atomic E-state index is 5.88. The number of halogens is 7. The first-order chi connectivity index (χ1) is 5.46. The van der Waals surface area contributed by atoms with E-state index in [0.717, 1.165) is 0 Å². The molecule has 1 saturated carbocycles. The van der Waals surface area contributed by atoms with Crippen molar-refractivity contribution in [1.29, 1.82) is 0 Å². The zero-order valence-corrected chi connectivity index (χ0v) is 12.0. The minimum Gasteiger partial charge on any atom is -0.412 e. The first-order valence-electron chi connectivity index (χ1n) is 3.31. The van der Waals surface area contributed by atoms with Crippen LogP contribution in [0.4, 0.5) is 0 Å². The van der Waals surface area contributed by atoms with Crippen LogP contribution in [-0.4, -0.2) is 37.7 Å². The lowest BCUT2D eigenvalue weighted by molar-refractivity contribution is 0.544. The molecule has 0 bridgehead atoms. The molecule has 88 valence electrons. The van der Waals surface area contributed by atoms with Crippen LogP contribution in [0.5, 0.6) is 0 Å². The summed E-state index contributed by atoms with van der Waals surface area (Å²) in [6, 6.07) is 0. The lowest BCUT2D eigenvalue weighted by Gasteiger charge is -2.37. The molecule has 0 amide bonds. The van der Waals surface area contributed by atoms with E-state index in [1.165, 1.54) is 0 Å². The van der Waals surface area contributed by atoms with E-state index >= 15 is 0 Å². The maximum absolute atomic E-state index is 5.88. The fraction of sp³-hybridized carbons (Fsp3) is 1.00. The maximum Gasteiger partial charge on any atom is 0.0693 e. The van der Waals surface area contributed by atoms with Crippen molar-refractivity contribution >= 4 is 82.0 Å². The minimum atomic E-state index is -0.437. The van der Waals surface area contributed by atoms with Crippen LogP contribution >= 0.6 is 82.0 Å². The minimum absolute atomic E-state index is 0. The summed E-state index contributed by atoms with van der Waals surface area (Å²) in [4.78, 5) is 0. The average molecular weight is 345 g/mol. The molecule has 1 rings (SSSR count). The third kappa shape index (κ3) is 3.49. The van der Waals surface area contributed by atoms with Gasteiger partial charge in [0.15, 0.2) is 0 Å². The normalized spacial score (nSPS) is 47.6. The topological polar surface area (TPSA) is 31.5 Å². The van der Waals surface area contributed by atoms with Gasteiger partial charge in [-0.15, -0.1) is 82.0 Å². The molecule has 0 saturated heterocycles. The van der Waals surface area contributed by atoms with E-state index in [0.29, 0.717) is 0 Å². The predicted molar refractivity (Wildman–Crippen MR) is 68.7 cm³/mol. The van der Waals surface area contributed by atoms with Crippen LogP contribution in [0.25, 0.3) is 0 Å². The molecule has 2 N–H and O–H groups in total. The van der Waals surface area contributed by atoms with Crippen molar-refractivity contribution in [2.24, 2.45) is 0 Å². The van der Waals surface area contributed by atoms with Crippen LogP contribution in [0.1, 0.15) is 0 Å². The van der Waals surface area contributed by atoms with Crippen LogP contribution in [0.15, 0.2) is 0 Å². The van der Waals surface area contributed by atoms with Crippen molar-refractivity contribution in [3.63, 3.8) is 0 Å². The Bertz CT molecular complexity index is 110. The summed E-state index contributed by atoms with van der Waals surface area (Å²) in [5.41, 5.74) is 0. The standard InChI is InChI=1S/C6H6Cl6.ClH.H2O/c7-1-2(8)4(10)6(12)5(11)3(1)9;;/h1-6H;1H;1H2/t1-,2-,3-,4+,5+,6+;;. The molecular weight excluding hydrogens is 336 g/mol. The van der Waals surface area contributed by atoms with Gasteiger partial charge >= 0.3 is 0 Å². The molecule has 1 nitrogen and oxygen atoms in total. The number of hydrogen-bond donors (Lipinski definition) is 0. The Hall–Kier alpha value is 1.99. The van der Waals surface area contributed by atoms with E-state index in [4.69, 9.17) is 69.6 Å². The summed E-state index contributed by atoms with van der Waals surface area (Å²) in [5, 5.41) is -2.62. The van der Waals surface area contributed by atoms with Gasteiger partial charge in [-0.2, -0.15) is 0 Å². The van der Waals surface area contributed by atoms with Crippen LogP contribution in [0, 0.1) is 0 Å². The van der Waals surface area contributed by atoms with Crippen molar-refractivity contribution in [1.82, 2.24) is 0 Å². The molecule has 1 aliphatic carbocycles. The van der Waals surface area contributed by atoms with Gasteiger partial charge in [-0.1, -0.05) is 0 Å². The SMILES string of the molecule is Cl.Cl[C@H]1[C@H](Cl)[C@@H](Cl)[C@@H](Cl)[C@H](Cl)[C@H]1Cl.O. The van der Waals surface area contributed by atoms with Gasteiger partial charge in [-0.25, -0.2) is 0 Å². The lowest BCUT2D eigenvalue weighted by atomic mass is 9.97. The van der Waals surface area contributed by atoms with Crippen molar-refractivity contribution in [2.75, 3.05) is 0 Å². The Balaban J connectivity index is 0. The molecule has 1 aliphatic rings. The van der Waals surface area contributed by atoms with Crippen LogP contribution in [0.2, 0.25) is 0 Å². The highest BCUT2D eigenvalue weighted by Crippen LogP contribution is 2.39. The van der Waals surface area contributed by atoms with E-state index in [1.807, 2.05) is 0 Å². The van der Waals surface area contributed by atoms with Crippen molar-refractivity contribution < 1.29 is 5.48 Å². The third-order valence-electron chi connectivity index (χ3n) is 1.83. The fourth-order valence-corrected chi connectivity index (χ4v) is 3.38. The first-order valence-corrected chi connectivity index (χ1v) is 5.93. The second-order valence-electron chi connectivity index (χ2n) is 2.67. The molecule has 1 fully saturated rings. The van der Waals surface area contributed by atoms with E-state index in [-0.39, 0.29) is 17.9 Å². The summed E-state index contributed by atoms with van der Waals surface area (Å²) in [5.74, 6) is 0. The van der Waals surface area contributed by atoms with Crippen LogP contribution < -0.4 is 0 Å². The summed E-state index contributed by atoms with van der Waals surface area (Å²) in [6.07, 6.45) is 0. The quantitative estimate of drug-likeness (QED) is 0.604. The highest BCUT2D eigenvalue weighted by molar-refractivity contribution is 6.45. The van der Waals surface area contributed by atoms with Crippen LogP contribution in [0.3, 0.4) is 0 Å². The Labute approximate surface area is 119 Å². The van der Waals surface area contributed by atoms with Crippen molar-refractivity contribution in [3.05, 3.63) is 0 Å². The monoisotopic (exact) mass is 342 g/mol. The second-order valence-corrected chi connectivity index (χ2v) is 5.69. The Morgan fingerprint density at radius 2 is 0.500 bits per heavy atom. The summed E-state index contributed by atoms with van der Waals surface area (Å²) >= 11 is 35.3. The fourth-order valence-electron chi connectivity index (χ4n) is 1.05. The molecule has 0 aromatic carbocycles. The van der Waals surface area contributed by atoms with E-state index in [1.54, 1.807) is 0 Å². The average Bonchev–Trinajstić information content (AvgIpc) is 2.08. The molecule has 0 unspecified atom stereocenters. The smallest absolute Gasteiger partial charge is 0.0693 e. The van der Waals surface area contributed by atoms with Gasteiger partial charge in [0, 0.05) is 0 Å². The molecule has 0 aromatic rings. The van der Waals surface area contributed by atoms with Gasteiger partial charge in [0.05, 0.1) is 32.3 Å². The lowest BCUT2D eigenvalue weighted by Crippen LogP contribution is -2.52. The van der Waals surface area contributed by atoms with Gasteiger partial charge in [-0.3, -0.25) is 0 Å². The van der Waals surface area contributed by atoms with Gasteiger partial charge in [-0.05, 0) is 0 Å². The number of rotatable bonds is 0. The molecule has 8 heteroatoms. The Morgan fingerprint density at radius 1 is 0.429 bits per heavy atom. The molecule has 0 radical (unpaired) electrons. The third-order valence-corrected chi connectivity index (χ3v) is 5.86. The molecule has 0 aliphatic heterocycles. The largest absolute Gasteiger partial charge is 0.412 e. The van der Waals surface area contributed by atoms with Gasteiger partial charge in [0.2, 0.25) is 0 Å². The summed E-state index contributed by atoms with van der Waals surface area (Å²) < 4.78 is 0. The predicted octanol–water partition coefficient (Wildman–Crippen LogP) is 3.24. The van der Waals surface area contributed by atoms with E-state index in [2.05, 4.69) is 0 Å². The second kappa shape index (κ2) is 7.34. The zero-order chi connectivity index (χ0) is 9.46. The summed E-state index contributed by atoms with van der Waals surface area (Å²) in [6.45, 7) is 0. The number of hydrogen-bond acceptors (Lipinski definition) is 0. The van der Waals surface area contributed by atoms with Gasteiger partial charge in [0.25, 0.3) is 0 Å². The molecule has 0 heterocycles. The van der Waals surface area contributed by atoms with E-state index < -0.39 is 32.3 Å². The molecule has 0 atom stereocenters. The zero-order valence-electron chi connectivity index (χ0n) is 6.64. The van der Waals surface area contributed by atoms with Crippen LogP contribution in [-0.2, 0) is 0 Å². The Morgan fingerprint density at radius 3 is 0.571 bits per heavy atom. The van der Waals surface area contributed by atoms with Gasteiger partial charge < -0.3 is 5.48 Å². The van der Waals surface area contributed by atoms with E-state index in [9.17, 15) is 0 Å². The highest BCUT2D eigenvalue weighted by Gasteiger charge is 2.46. The van der Waals surface area contributed by atoms with Crippen molar-refractivity contribution in [3.8, 4) is 0 Å². The molecule has 14 heavy (non-hydrogen) atoms.